The zero-order valence-electron chi connectivity index (χ0n) is 50.5. The molecule has 0 saturated heterocycles. The molecule has 98 heavy (non-hydrogen) atoms. The van der Waals surface area contributed by atoms with Gasteiger partial charge in [0.1, 0.15) is 35.2 Å². The van der Waals surface area contributed by atoms with E-state index in [9.17, 15) is 26.3 Å². The predicted octanol–water partition coefficient (Wildman–Crippen LogP) is 19.7. The molecule has 0 atom stereocenters. The highest BCUT2D eigenvalue weighted by molar-refractivity contribution is 7.37. The SMILES string of the molecule is CCC[PH2+]CCC.CCc1c(F)c(F)c(F)c2c(F)c(F)c(F)c([B-](c3c(F)c(F)c(F)c4c(F)c(F)c(F)c(CC)c34)(c3c(F)c(F)c(F)c4c(F)c(F)c(F)c(CC)c34)c3c(F)c(F)c(F)c4c(F)c(F)c(F)c(CC)c34)c12.Fc1ccccc1-c1c(F)c(F)c(F)c(F)c1F. The first-order valence-electron chi connectivity index (χ1n) is 28.9. The Morgan fingerprint density at radius 2 is 0.439 bits per heavy atom. The van der Waals surface area contributed by atoms with Crippen LogP contribution >= 0.6 is 8.58 Å². The second kappa shape index (κ2) is 28.5. The van der Waals surface area contributed by atoms with Crippen molar-refractivity contribution in [1.29, 1.82) is 0 Å². The summed E-state index contributed by atoms with van der Waals surface area (Å²) in [6.45, 7) is 6.96. The van der Waals surface area contributed by atoms with Crippen molar-refractivity contribution in [3.63, 3.8) is 0 Å². The van der Waals surface area contributed by atoms with Gasteiger partial charge in [0.2, 0.25) is 5.82 Å². The molecule has 0 N–H and O–H groups in total. The second-order valence-electron chi connectivity index (χ2n) is 21.7. The van der Waals surface area contributed by atoms with Crippen LogP contribution in [0.1, 0.15) is 76.6 Å². The number of hydrogen-bond acceptors (Lipinski definition) is 0. The third-order valence-electron chi connectivity index (χ3n) is 16.6. The Morgan fingerprint density at radius 3 is 0.653 bits per heavy atom. The molecule has 32 heteroatoms. The van der Waals surface area contributed by atoms with Crippen LogP contribution < -0.4 is 21.9 Å². The maximum Gasteiger partial charge on any atom is 0.200 e. The van der Waals surface area contributed by atoms with Crippen LogP contribution in [0.25, 0.3) is 54.2 Å². The topological polar surface area (TPSA) is 0 Å². The molecule has 0 saturated carbocycles. The summed E-state index contributed by atoms with van der Waals surface area (Å²) in [6.07, 6.45) is -7.18. The second-order valence-corrected chi connectivity index (χ2v) is 23.4. The molecular formula is C66H40BF30P. The van der Waals surface area contributed by atoms with Crippen LogP contribution in [-0.2, 0) is 25.7 Å². The minimum absolute atomic E-state index is 0.607. The number of aryl methyl sites for hydroxylation is 4. The van der Waals surface area contributed by atoms with Crippen molar-refractivity contribution in [3.8, 4) is 11.1 Å². The van der Waals surface area contributed by atoms with E-state index in [0.29, 0.717) is 27.7 Å². The fourth-order valence-corrected chi connectivity index (χ4v) is 13.6. The molecule has 10 aromatic carbocycles. The van der Waals surface area contributed by atoms with E-state index >= 15 is 105 Å². The molecule has 0 nitrogen and oxygen atoms in total. The van der Waals surface area contributed by atoms with Gasteiger partial charge in [-0.3, -0.25) is 0 Å². The molecule has 0 bridgehead atoms. The summed E-state index contributed by atoms with van der Waals surface area (Å²) < 4.78 is 477. The highest BCUT2D eigenvalue weighted by Crippen LogP contribution is 2.44. The van der Waals surface area contributed by atoms with Crippen LogP contribution in [0.3, 0.4) is 0 Å². The van der Waals surface area contributed by atoms with Crippen LogP contribution in [0.2, 0.25) is 0 Å². The van der Waals surface area contributed by atoms with Gasteiger partial charge in [0.15, 0.2) is 140 Å². The van der Waals surface area contributed by atoms with Gasteiger partial charge in [-0.1, -0.05) is 59.7 Å². The summed E-state index contributed by atoms with van der Waals surface area (Å²) in [6, 6.07) is 4.22. The summed E-state index contributed by atoms with van der Waals surface area (Å²) in [4.78, 5) is 0. The first-order chi connectivity index (χ1) is 46.0. The number of halogens is 30. The molecule has 0 aliphatic heterocycles. The molecular weight excluding hydrogens is 1400 g/mol. The van der Waals surface area contributed by atoms with Gasteiger partial charge in [-0.25, -0.2) is 132 Å². The molecule has 522 valence electrons. The van der Waals surface area contributed by atoms with Crippen LogP contribution in [0, 0.1) is 175 Å². The minimum atomic E-state index is -7.12. The van der Waals surface area contributed by atoms with E-state index in [1.54, 1.807) is 0 Å². The normalized spacial score (nSPS) is 11.8. The maximum atomic E-state index is 18.1. The van der Waals surface area contributed by atoms with Crippen molar-refractivity contribution in [1.82, 2.24) is 0 Å². The Labute approximate surface area is 534 Å². The first-order valence-corrected chi connectivity index (χ1v) is 30.5. The predicted molar refractivity (Wildman–Crippen MR) is 308 cm³/mol. The molecule has 0 radical (unpaired) electrons. The van der Waals surface area contributed by atoms with Crippen molar-refractivity contribution < 1.29 is 132 Å². The molecule has 0 aromatic heterocycles. The Kier molecular flexibility index (Phi) is 21.9. The van der Waals surface area contributed by atoms with Gasteiger partial charge < -0.3 is 0 Å². The number of fused-ring (bicyclic) bond motifs is 4. The van der Waals surface area contributed by atoms with Crippen molar-refractivity contribution >= 4 is 79.7 Å². The average molecular weight is 1440 g/mol. The number of rotatable bonds is 13. The monoisotopic (exact) mass is 1440 g/mol. The van der Waals surface area contributed by atoms with Crippen LogP contribution in [0.5, 0.6) is 0 Å². The Bertz CT molecular complexity index is 4430. The van der Waals surface area contributed by atoms with E-state index in [4.69, 9.17) is 0 Å². The molecule has 0 unspecified atom stereocenters. The van der Waals surface area contributed by atoms with Crippen molar-refractivity contribution in [3.05, 3.63) is 221 Å². The lowest BCUT2D eigenvalue weighted by Gasteiger charge is -2.48. The van der Waals surface area contributed by atoms with Crippen molar-refractivity contribution in [2.75, 3.05) is 12.3 Å². The average Bonchev–Trinajstić information content (AvgIpc) is 0.661. The highest BCUT2D eigenvalue weighted by Gasteiger charge is 2.51. The van der Waals surface area contributed by atoms with Crippen molar-refractivity contribution in [2.45, 2.75) is 80.1 Å². The van der Waals surface area contributed by atoms with E-state index in [-0.39, 0.29) is 0 Å². The summed E-state index contributed by atoms with van der Waals surface area (Å²) in [5, 5.41) is -19.9. The van der Waals surface area contributed by atoms with Gasteiger partial charge in [0.25, 0.3) is 0 Å². The molecule has 0 heterocycles. The lowest BCUT2D eigenvalue weighted by Crippen LogP contribution is -2.79. The zero-order valence-corrected chi connectivity index (χ0v) is 51.6. The smallest absolute Gasteiger partial charge is 0.200 e. The molecule has 0 aliphatic rings. The van der Waals surface area contributed by atoms with Gasteiger partial charge in [0.05, 0.1) is 39.4 Å². The van der Waals surface area contributed by atoms with E-state index in [0.717, 1.165) is 20.7 Å². The Hall–Kier alpha value is -8.37. The lowest BCUT2D eigenvalue weighted by molar-refractivity contribution is 0.381. The van der Waals surface area contributed by atoms with Crippen LogP contribution in [0.15, 0.2) is 24.3 Å². The third kappa shape index (κ3) is 11.2. The highest BCUT2D eigenvalue weighted by atomic mass is 31.1. The molecule has 0 spiro atoms. The van der Waals surface area contributed by atoms with Gasteiger partial charge >= 0.3 is 0 Å². The standard InChI is InChI=1S/C48H20BF24.C12H4F6.C6H15P/c1-5-9-13-17(29(54)41(66)25(9)50)33(58)45(70)37(62)21(13)49(22-14-10(6-2)26(51)42(67)30(55)18(14)34(59)46(71)38(22)63,23-15-11(7-3)27(52)43(68)31(56)19(15)35(60)47(72)39(23)64)24-16-12(8-4)28(53)44(69)32(57)20(16)36(61)48(73)40(24)65;13-6-4-2-1-3-5(6)7-8(14)10(16)12(18)11(17)9(7)15;1-3-5-7-6-4-2/h5-8H2,1-4H3;1-4H;7H,3-6H2,1-2H3/q-1;;/p+1. The van der Waals surface area contributed by atoms with Gasteiger partial charge in [-0.05, 0) is 97.0 Å². The Morgan fingerprint density at radius 1 is 0.235 bits per heavy atom. The zero-order chi connectivity index (χ0) is 73.4. The largest absolute Gasteiger partial charge is 0.207 e. The summed E-state index contributed by atoms with van der Waals surface area (Å²) in [5.74, 6) is -86.4. The van der Waals surface area contributed by atoms with Crippen LogP contribution in [0.4, 0.5) is 132 Å². The van der Waals surface area contributed by atoms with Gasteiger partial charge in [-0.2, -0.15) is 0 Å². The summed E-state index contributed by atoms with van der Waals surface area (Å²) in [5.41, 5.74) is -21.4. The number of benzene rings is 10. The fourth-order valence-electron chi connectivity index (χ4n) is 12.5. The third-order valence-corrected chi connectivity index (χ3v) is 18.6. The lowest BCUT2D eigenvalue weighted by atomic mass is 9.11. The molecule has 0 amide bonds. The summed E-state index contributed by atoms with van der Waals surface area (Å²) in [7, 11) is 0.822. The molecule has 0 fully saturated rings. The maximum absolute atomic E-state index is 18.1. The fraction of sp³-hybridized carbons (Fsp3) is 0.212. The first kappa shape index (κ1) is 75.4. The van der Waals surface area contributed by atoms with Crippen molar-refractivity contribution in [2.24, 2.45) is 0 Å². The van der Waals surface area contributed by atoms with Crippen LogP contribution in [-0.4, -0.2) is 18.5 Å². The molecule has 10 aromatic rings. The van der Waals surface area contributed by atoms with E-state index in [1.807, 2.05) is 0 Å². The quantitative estimate of drug-likeness (QED) is 0.0270. The summed E-state index contributed by atoms with van der Waals surface area (Å²) >= 11 is 0. The Balaban J connectivity index is 0.000000409. The van der Waals surface area contributed by atoms with E-state index in [1.165, 1.54) is 37.3 Å². The number of hydrogen-bond donors (Lipinski definition) is 0. The van der Waals surface area contributed by atoms with E-state index in [2.05, 4.69) is 13.8 Å². The molecule has 10 rings (SSSR count). The molecule has 0 aliphatic carbocycles. The van der Waals surface area contributed by atoms with Gasteiger partial charge in [-0.15, -0.1) is 21.9 Å². The minimum Gasteiger partial charge on any atom is -0.207 e. The van der Waals surface area contributed by atoms with E-state index < -0.39 is 305 Å². The van der Waals surface area contributed by atoms with Gasteiger partial charge in [0, 0.05) is 5.56 Å².